The van der Waals surface area contributed by atoms with Crippen LogP contribution in [0.1, 0.15) is 27.8 Å². The number of benzene rings is 1. The maximum absolute atomic E-state index is 13.9. The molecule has 2 aromatic rings. The molecule has 1 fully saturated rings. The van der Waals surface area contributed by atoms with Crippen LogP contribution in [0.5, 0.6) is 0 Å². The molecule has 0 spiro atoms. The molecule has 0 radical (unpaired) electrons. The number of hydrogen-bond donors (Lipinski definition) is 0. The van der Waals surface area contributed by atoms with E-state index in [1.165, 1.54) is 18.2 Å². The van der Waals surface area contributed by atoms with Crippen LogP contribution in [-0.4, -0.2) is 29.6 Å². The van der Waals surface area contributed by atoms with Crippen LogP contribution >= 0.6 is 23.4 Å². The van der Waals surface area contributed by atoms with E-state index >= 15 is 0 Å². The minimum Gasteiger partial charge on any atom is -0.468 e. The van der Waals surface area contributed by atoms with Crippen LogP contribution in [0.25, 0.3) is 0 Å². The van der Waals surface area contributed by atoms with Gasteiger partial charge in [-0.15, -0.1) is 11.8 Å². The summed E-state index contributed by atoms with van der Waals surface area (Å²) in [5.74, 6) is 0.785. The standard InChI is InChI=1S/C16H15ClFNO2S/c17-11-3-1-4-12(18)15(11)16(20)19-7-6-14(22-10-8-19)13-5-2-9-21-13/h1-5,9,14H,6-8,10H2/t14-/m0/s1. The monoisotopic (exact) mass is 339 g/mol. The van der Waals surface area contributed by atoms with Crippen molar-refractivity contribution in [1.82, 2.24) is 4.90 Å². The summed E-state index contributed by atoms with van der Waals surface area (Å²) in [6.07, 6.45) is 2.43. The lowest BCUT2D eigenvalue weighted by atomic mass is 10.1. The third-order valence-corrected chi connectivity index (χ3v) is 5.27. The lowest BCUT2D eigenvalue weighted by molar-refractivity contribution is 0.0761. The number of nitrogens with zero attached hydrogens (tertiary/aromatic N) is 1. The fourth-order valence-corrected chi connectivity index (χ4v) is 3.96. The van der Waals surface area contributed by atoms with Crippen molar-refractivity contribution in [3.63, 3.8) is 0 Å². The zero-order valence-electron chi connectivity index (χ0n) is 11.8. The Morgan fingerprint density at radius 1 is 1.32 bits per heavy atom. The van der Waals surface area contributed by atoms with E-state index in [9.17, 15) is 9.18 Å². The number of rotatable bonds is 2. The highest BCUT2D eigenvalue weighted by Gasteiger charge is 2.26. The summed E-state index contributed by atoms with van der Waals surface area (Å²) in [6, 6.07) is 8.11. The first-order chi connectivity index (χ1) is 10.7. The van der Waals surface area contributed by atoms with Crippen molar-refractivity contribution in [2.75, 3.05) is 18.8 Å². The van der Waals surface area contributed by atoms with E-state index in [0.29, 0.717) is 13.1 Å². The average Bonchev–Trinajstić information content (AvgIpc) is 2.91. The summed E-state index contributed by atoms with van der Waals surface area (Å²) in [4.78, 5) is 14.2. The quantitative estimate of drug-likeness (QED) is 0.813. The normalized spacial score (nSPS) is 19.0. The Morgan fingerprint density at radius 2 is 2.18 bits per heavy atom. The summed E-state index contributed by atoms with van der Waals surface area (Å²) in [7, 11) is 0. The average molecular weight is 340 g/mol. The topological polar surface area (TPSA) is 33.5 Å². The lowest BCUT2D eigenvalue weighted by Gasteiger charge is -2.21. The molecule has 0 aliphatic carbocycles. The number of furan rings is 1. The first-order valence-electron chi connectivity index (χ1n) is 7.05. The fourth-order valence-electron chi connectivity index (χ4n) is 2.54. The van der Waals surface area contributed by atoms with Crippen LogP contribution in [0.2, 0.25) is 5.02 Å². The SMILES string of the molecule is O=C(c1c(F)cccc1Cl)N1CCS[C@H](c2ccco2)CC1. The third-order valence-electron chi connectivity index (χ3n) is 3.67. The molecule has 22 heavy (non-hydrogen) atoms. The van der Waals surface area contributed by atoms with Gasteiger partial charge in [-0.2, -0.15) is 0 Å². The van der Waals surface area contributed by atoms with Gasteiger partial charge in [0.25, 0.3) is 5.91 Å². The van der Waals surface area contributed by atoms with Gasteiger partial charge in [-0.1, -0.05) is 17.7 Å². The molecule has 0 N–H and O–H groups in total. The van der Waals surface area contributed by atoms with Crippen molar-refractivity contribution in [2.24, 2.45) is 0 Å². The molecular formula is C16H15ClFNO2S. The second kappa shape index (κ2) is 6.75. The van der Waals surface area contributed by atoms with Crippen molar-refractivity contribution in [2.45, 2.75) is 11.7 Å². The first-order valence-corrected chi connectivity index (χ1v) is 8.48. The van der Waals surface area contributed by atoms with E-state index in [0.717, 1.165) is 17.9 Å². The maximum Gasteiger partial charge on any atom is 0.258 e. The van der Waals surface area contributed by atoms with Gasteiger partial charge in [0.2, 0.25) is 0 Å². The summed E-state index contributed by atoms with van der Waals surface area (Å²) in [5.41, 5.74) is -0.0365. The molecule has 2 heterocycles. The van der Waals surface area contributed by atoms with Crippen LogP contribution < -0.4 is 0 Å². The van der Waals surface area contributed by atoms with Crippen LogP contribution in [0.15, 0.2) is 41.0 Å². The molecule has 1 saturated heterocycles. The second-order valence-electron chi connectivity index (χ2n) is 5.05. The van der Waals surface area contributed by atoms with Crippen molar-refractivity contribution >= 4 is 29.3 Å². The van der Waals surface area contributed by atoms with Crippen molar-refractivity contribution in [3.05, 3.63) is 58.8 Å². The molecule has 116 valence electrons. The molecule has 3 nitrogen and oxygen atoms in total. The Morgan fingerprint density at radius 3 is 2.91 bits per heavy atom. The number of carbonyl (C=O) groups excluding carboxylic acids is 1. The minimum atomic E-state index is -0.572. The Hall–Kier alpha value is -1.46. The third kappa shape index (κ3) is 3.15. The second-order valence-corrected chi connectivity index (χ2v) is 6.77. The van der Waals surface area contributed by atoms with E-state index < -0.39 is 5.82 Å². The van der Waals surface area contributed by atoms with E-state index in [4.69, 9.17) is 16.0 Å². The molecule has 1 aliphatic rings. The van der Waals surface area contributed by atoms with Gasteiger partial charge in [-0.05, 0) is 30.7 Å². The molecule has 1 atom stereocenters. The molecular weight excluding hydrogens is 325 g/mol. The largest absolute Gasteiger partial charge is 0.468 e. The van der Waals surface area contributed by atoms with Crippen LogP contribution in [-0.2, 0) is 0 Å². The van der Waals surface area contributed by atoms with Crippen LogP contribution in [0.3, 0.4) is 0 Å². The highest BCUT2D eigenvalue weighted by atomic mass is 35.5. The zero-order chi connectivity index (χ0) is 15.5. The lowest BCUT2D eigenvalue weighted by Crippen LogP contribution is -2.33. The summed E-state index contributed by atoms with van der Waals surface area (Å²) in [6.45, 7) is 1.13. The van der Waals surface area contributed by atoms with Crippen molar-refractivity contribution in [1.29, 1.82) is 0 Å². The Labute approximate surface area is 137 Å². The summed E-state index contributed by atoms with van der Waals surface area (Å²) >= 11 is 7.74. The molecule has 1 amide bonds. The Balaban J connectivity index is 1.74. The molecule has 1 aliphatic heterocycles. The molecule has 1 aromatic heterocycles. The summed E-state index contributed by atoms with van der Waals surface area (Å²) < 4.78 is 19.3. The molecule has 0 bridgehead atoms. The van der Waals surface area contributed by atoms with Crippen molar-refractivity contribution in [3.8, 4) is 0 Å². The Kier molecular flexibility index (Phi) is 4.74. The molecule has 0 unspecified atom stereocenters. The highest BCUT2D eigenvalue weighted by molar-refractivity contribution is 7.99. The van der Waals surface area contributed by atoms with Gasteiger partial charge in [-0.25, -0.2) is 4.39 Å². The summed E-state index contributed by atoms with van der Waals surface area (Å²) in [5, 5.41) is 0.383. The van der Waals surface area contributed by atoms with Gasteiger partial charge >= 0.3 is 0 Å². The van der Waals surface area contributed by atoms with E-state index in [2.05, 4.69) is 0 Å². The first kappa shape index (κ1) is 15.4. The molecule has 1 aromatic carbocycles. The van der Waals surface area contributed by atoms with Crippen LogP contribution in [0.4, 0.5) is 4.39 Å². The van der Waals surface area contributed by atoms with Gasteiger partial charge < -0.3 is 9.32 Å². The van der Waals surface area contributed by atoms with E-state index in [1.807, 2.05) is 12.1 Å². The van der Waals surface area contributed by atoms with Gasteiger partial charge in [-0.3, -0.25) is 4.79 Å². The van der Waals surface area contributed by atoms with Gasteiger partial charge in [0.05, 0.1) is 22.1 Å². The molecule has 0 saturated carbocycles. The van der Waals surface area contributed by atoms with Gasteiger partial charge in [0.1, 0.15) is 11.6 Å². The predicted octanol–water partition coefficient (Wildman–Crippen LogP) is 4.39. The van der Waals surface area contributed by atoms with Gasteiger partial charge in [0.15, 0.2) is 0 Å². The van der Waals surface area contributed by atoms with E-state index in [1.54, 1.807) is 22.9 Å². The number of carbonyl (C=O) groups is 1. The van der Waals surface area contributed by atoms with Gasteiger partial charge in [0, 0.05) is 18.8 Å². The number of halogens is 2. The smallest absolute Gasteiger partial charge is 0.258 e. The number of hydrogen-bond acceptors (Lipinski definition) is 3. The Bertz CT molecular complexity index is 642. The fraction of sp³-hybridized carbons (Fsp3) is 0.312. The van der Waals surface area contributed by atoms with Crippen LogP contribution in [0, 0.1) is 5.82 Å². The number of thioether (sulfide) groups is 1. The van der Waals surface area contributed by atoms with E-state index in [-0.39, 0.29) is 21.7 Å². The molecule has 3 rings (SSSR count). The predicted molar refractivity (Wildman–Crippen MR) is 85.8 cm³/mol. The van der Waals surface area contributed by atoms with Crippen molar-refractivity contribution < 1.29 is 13.6 Å². The maximum atomic E-state index is 13.9. The zero-order valence-corrected chi connectivity index (χ0v) is 13.4. The number of amides is 1. The minimum absolute atomic E-state index is 0.0365. The highest BCUT2D eigenvalue weighted by Crippen LogP contribution is 2.35. The molecule has 6 heteroatoms.